The molecule has 2 aromatic heterocycles. The van der Waals surface area contributed by atoms with Crippen molar-refractivity contribution in [2.75, 3.05) is 5.32 Å². The second-order valence-electron chi connectivity index (χ2n) is 6.57. The van der Waals surface area contributed by atoms with Crippen LogP contribution in [-0.4, -0.2) is 25.9 Å². The van der Waals surface area contributed by atoms with E-state index in [0.717, 1.165) is 16.9 Å². The summed E-state index contributed by atoms with van der Waals surface area (Å²) in [4.78, 5) is 12.7. The van der Waals surface area contributed by atoms with Crippen molar-refractivity contribution in [3.05, 3.63) is 78.6 Å². The van der Waals surface area contributed by atoms with E-state index >= 15 is 0 Å². The monoisotopic (exact) mass is 404 g/mol. The molecule has 2 heterocycles. The lowest BCUT2D eigenvalue weighted by atomic mass is 10.2. The lowest BCUT2D eigenvalue weighted by molar-refractivity contribution is -0.115. The van der Waals surface area contributed by atoms with E-state index in [1.54, 1.807) is 6.26 Å². The molecular formula is C22H20N4O2S. The summed E-state index contributed by atoms with van der Waals surface area (Å²) < 4.78 is 7.43. The van der Waals surface area contributed by atoms with Crippen molar-refractivity contribution in [2.45, 2.75) is 24.3 Å². The first-order valence-corrected chi connectivity index (χ1v) is 10.1. The number of rotatable bonds is 6. The molecule has 0 aliphatic rings. The van der Waals surface area contributed by atoms with E-state index in [-0.39, 0.29) is 11.2 Å². The number of nitrogens with one attached hydrogen (secondary N) is 1. The number of para-hydroxylation sites is 1. The summed E-state index contributed by atoms with van der Waals surface area (Å²) in [6.07, 6.45) is 1.60. The topological polar surface area (TPSA) is 73.0 Å². The summed E-state index contributed by atoms with van der Waals surface area (Å²) in [6, 6.07) is 21.2. The Bertz CT molecular complexity index is 1110. The van der Waals surface area contributed by atoms with Gasteiger partial charge in [-0.15, -0.1) is 10.2 Å². The lowest BCUT2D eigenvalue weighted by Crippen LogP contribution is -2.22. The highest BCUT2D eigenvalue weighted by Gasteiger charge is 2.22. The zero-order chi connectivity index (χ0) is 20.2. The van der Waals surface area contributed by atoms with Crippen molar-refractivity contribution in [1.29, 1.82) is 0 Å². The van der Waals surface area contributed by atoms with E-state index < -0.39 is 0 Å². The van der Waals surface area contributed by atoms with Gasteiger partial charge in [-0.05, 0) is 55.8 Å². The molecule has 0 aliphatic carbocycles. The number of anilines is 1. The Morgan fingerprint density at radius 3 is 2.62 bits per heavy atom. The van der Waals surface area contributed by atoms with Crippen LogP contribution in [0.15, 0.2) is 82.6 Å². The number of aryl methyl sites for hydroxylation is 1. The molecule has 1 N–H and O–H groups in total. The summed E-state index contributed by atoms with van der Waals surface area (Å²) in [5, 5.41) is 11.8. The summed E-state index contributed by atoms with van der Waals surface area (Å²) in [6.45, 7) is 3.85. The molecule has 0 saturated carbocycles. The Kier molecular flexibility index (Phi) is 5.48. The first-order chi connectivity index (χ1) is 14.1. The molecule has 2 aromatic carbocycles. The second kappa shape index (κ2) is 8.36. The van der Waals surface area contributed by atoms with E-state index in [0.29, 0.717) is 16.7 Å². The van der Waals surface area contributed by atoms with Crippen molar-refractivity contribution in [2.24, 2.45) is 0 Å². The van der Waals surface area contributed by atoms with Crippen molar-refractivity contribution in [1.82, 2.24) is 14.8 Å². The Hall–Kier alpha value is -3.32. The normalized spacial score (nSPS) is 11.9. The van der Waals surface area contributed by atoms with Crippen LogP contribution in [0.4, 0.5) is 5.69 Å². The van der Waals surface area contributed by atoms with Gasteiger partial charge in [-0.2, -0.15) is 0 Å². The summed E-state index contributed by atoms with van der Waals surface area (Å²) in [5.41, 5.74) is 2.77. The van der Waals surface area contributed by atoms with Crippen LogP contribution in [-0.2, 0) is 4.79 Å². The van der Waals surface area contributed by atoms with Gasteiger partial charge in [0.1, 0.15) is 0 Å². The smallest absolute Gasteiger partial charge is 0.237 e. The highest BCUT2D eigenvalue weighted by molar-refractivity contribution is 8.00. The first kappa shape index (κ1) is 19.0. The zero-order valence-corrected chi connectivity index (χ0v) is 16.9. The van der Waals surface area contributed by atoms with Gasteiger partial charge >= 0.3 is 0 Å². The van der Waals surface area contributed by atoms with Gasteiger partial charge in [-0.3, -0.25) is 9.36 Å². The third-order valence-electron chi connectivity index (χ3n) is 4.33. The fraction of sp³-hybridized carbons (Fsp3) is 0.136. The van der Waals surface area contributed by atoms with Crippen LogP contribution in [0.5, 0.6) is 0 Å². The van der Waals surface area contributed by atoms with Gasteiger partial charge in [0.15, 0.2) is 10.9 Å². The van der Waals surface area contributed by atoms with Crippen LogP contribution < -0.4 is 5.32 Å². The largest absolute Gasteiger partial charge is 0.461 e. The average Bonchev–Trinajstić information content (AvgIpc) is 3.38. The van der Waals surface area contributed by atoms with Gasteiger partial charge in [-0.1, -0.05) is 42.1 Å². The third kappa shape index (κ3) is 4.25. The molecule has 0 spiro atoms. The molecule has 1 unspecified atom stereocenters. The summed E-state index contributed by atoms with van der Waals surface area (Å²) in [5.74, 6) is 1.11. The molecule has 146 valence electrons. The molecule has 1 atom stereocenters. The number of nitrogens with zero attached hydrogens (tertiary/aromatic N) is 3. The summed E-state index contributed by atoms with van der Waals surface area (Å²) >= 11 is 1.35. The van der Waals surface area contributed by atoms with Crippen LogP contribution >= 0.6 is 11.8 Å². The Morgan fingerprint density at radius 1 is 1.07 bits per heavy atom. The highest BCUT2D eigenvalue weighted by atomic mass is 32.2. The Morgan fingerprint density at radius 2 is 1.90 bits per heavy atom. The minimum Gasteiger partial charge on any atom is -0.461 e. The van der Waals surface area contributed by atoms with E-state index in [2.05, 4.69) is 15.5 Å². The molecule has 0 saturated heterocycles. The van der Waals surface area contributed by atoms with Gasteiger partial charge in [0.2, 0.25) is 11.7 Å². The van der Waals surface area contributed by atoms with E-state index in [1.807, 2.05) is 85.1 Å². The van der Waals surface area contributed by atoms with Gasteiger partial charge in [0, 0.05) is 11.4 Å². The molecule has 1 amide bonds. The molecule has 7 heteroatoms. The lowest BCUT2D eigenvalue weighted by Gasteiger charge is -2.13. The van der Waals surface area contributed by atoms with Crippen molar-refractivity contribution in [3.63, 3.8) is 0 Å². The first-order valence-electron chi connectivity index (χ1n) is 9.21. The molecule has 0 bridgehead atoms. The van der Waals surface area contributed by atoms with E-state index in [1.165, 1.54) is 11.8 Å². The molecule has 0 aliphatic heterocycles. The maximum Gasteiger partial charge on any atom is 0.237 e. The fourth-order valence-electron chi connectivity index (χ4n) is 2.90. The molecule has 4 rings (SSSR count). The minimum absolute atomic E-state index is 0.0947. The van der Waals surface area contributed by atoms with E-state index in [4.69, 9.17) is 4.42 Å². The molecule has 29 heavy (non-hydrogen) atoms. The van der Waals surface area contributed by atoms with Crippen LogP contribution in [0.3, 0.4) is 0 Å². The predicted octanol–water partition coefficient (Wildman–Crippen LogP) is 4.96. The summed E-state index contributed by atoms with van der Waals surface area (Å²) in [7, 11) is 0. The number of carbonyl (C=O) groups is 1. The van der Waals surface area contributed by atoms with Crippen LogP contribution in [0.2, 0.25) is 0 Å². The molecule has 0 fully saturated rings. The zero-order valence-electron chi connectivity index (χ0n) is 16.1. The van der Waals surface area contributed by atoms with Gasteiger partial charge < -0.3 is 9.73 Å². The maximum absolute atomic E-state index is 12.7. The second-order valence-corrected chi connectivity index (χ2v) is 7.88. The van der Waals surface area contributed by atoms with Crippen LogP contribution in [0.25, 0.3) is 17.3 Å². The number of amides is 1. The van der Waals surface area contributed by atoms with E-state index in [9.17, 15) is 4.79 Å². The molecule has 0 radical (unpaired) electrons. The van der Waals surface area contributed by atoms with Crippen LogP contribution in [0, 0.1) is 6.92 Å². The van der Waals surface area contributed by atoms with Gasteiger partial charge in [-0.25, -0.2) is 0 Å². The number of aromatic nitrogens is 3. The van der Waals surface area contributed by atoms with Crippen molar-refractivity contribution >= 4 is 23.4 Å². The number of carbonyl (C=O) groups excluding carboxylic acids is 1. The molecule has 4 aromatic rings. The SMILES string of the molecule is Cc1cccc(NC(=O)C(C)Sc2nnc(-c3ccco3)n2-c2ccccc2)c1. The van der Waals surface area contributed by atoms with Crippen LogP contribution in [0.1, 0.15) is 12.5 Å². The van der Waals surface area contributed by atoms with Gasteiger partial charge in [0.05, 0.1) is 11.5 Å². The maximum atomic E-state index is 12.7. The standard InChI is InChI=1S/C22H20N4O2S/c1-15-8-6-9-17(14-15)23-21(27)16(2)29-22-25-24-20(19-12-7-13-28-19)26(22)18-10-4-3-5-11-18/h3-14,16H,1-2H3,(H,23,27). The quantitative estimate of drug-likeness (QED) is 0.460. The van der Waals surface area contributed by atoms with Crippen molar-refractivity contribution in [3.8, 4) is 17.3 Å². The fourth-order valence-corrected chi connectivity index (χ4v) is 3.77. The third-order valence-corrected chi connectivity index (χ3v) is 5.37. The number of thioether (sulfide) groups is 1. The molecule has 6 nitrogen and oxygen atoms in total. The predicted molar refractivity (Wildman–Crippen MR) is 114 cm³/mol. The number of hydrogen-bond donors (Lipinski definition) is 1. The molecular weight excluding hydrogens is 384 g/mol. The highest BCUT2D eigenvalue weighted by Crippen LogP contribution is 2.30. The minimum atomic E-state index is -0.369. The Labute approximate surface area is 173 Å². The Balaban J connectivity index is 1.60. The number of benzene rings is 2. The number of furan rings is 1. The average molecular weight is 404 g/mol. The van der Waals surface area contributed by atoms with Gasteiger partial charge in [0.25, 0.3) is 0 Å². The van der Waals surface area contributed by atoms with Crippen molar-refractivity contribution < 1.29 is 9.21 Å². The number of hydrogen-bond acceptors (Lipinski definition) is 5.